The van der Waals surface area contributed by atoms with Gasteiger partial charge in [0.25, 0.3) is 0 Å². The van der Waals surface area contributed by atoms with Gasteiger partial charge in [-0.05, 0) is 18.8 Å². The summed E-state index contributed by atoms with van der Waals surface area (Å²) in [5.41, 5.74) is 0. The number of hydrogen-bond donors (Lipinski definition) is 1. The van der Waals surface area contributed by atoms with Gasteiger partial charge in [0.1, 0.15) is 11.6 Å². The zero-order chi connectivity index (χ0) is 11.8. The second-order valence-corrected chi connectivity index (χ2v) is 5.38. The summed E-state index contributed by atoms with van der Waals surface area (Å²) >= 11 is 0. The number of hydrogen-bond acceptors (Lipinski definition) is 4. The highest BCUT2D eigenvalue weighted by molar-refractivity contribution is 4.99. The minimum atomic E-state index is -0.182. The zero-order valence-corrected chi connectivity index (χ0v) is 10.3. The largest absolute Gasteiger partial charge is 0.391 e. The third kappa shape index (κ3) is 2.09. The topological polar surface area (TPSA) is 54.2 Å². The van der Waals surface area contributed by atoms with Gasteiger partial charge in [0.15, 0.2) is 0 Å². The summed E-state index contributed by atoms with van der Waals surface area (Å²) in [7, 11) is 0. The first kappa shape index (κ1) is 11.2. The van der Waals surface area contributed by atoms with Crippen molar-refractivity contribution in [2.24, 2.45) is 5.92 Å². The van der Waals surface area contributed by atoms with Crippen molar-refractivity contribution in [1.82, 2.24) is 19.7 Å². The fourth-order valence-electron chi connectivity index (χ4n) is 2.86. The van der Waals surface area contributed by atoms with E-state index in [0.717, 1.165) is 44.2 Å². The van der Waals surface area contributed by atoms with Gasteiger partial charge in [-0.25, -0.2) is 0 Å². The van der Waals surface area contributed by atoms with Gasteiger partial charge in [0, 0.05) is 26.1 Å². The van der Waals surface area contributed by atoms with Gasteiger partial charge in [0.05, 0.1) is 12.6 Å². The summed E-state index contributed by atoms with van der Waals surface area (Å²) in [5, 5.41) is 18.3. The second-order valence-electron chi connectivity index (χ2n) is 5.38. The Balaban J connectivity index is 1.71. The van der Waals surface area contributed by atoms with Crippen molar-refractivity contribution in [1.29, 1.82) is 0 Å². The molecule has 2 unspecified atom stereocenters. The summed E-state index contributed by atoms with van der Waals surface area (Å²) in [6.45, 7) is 5.72. The fraction of sp³-hybridized carbons (Fsp3) is 0.833. The molecule has 1 fully saturated rings. The normalized spacial score (nSPS) is 29.5. The molecule has 2 atom stereocenters. The number of aryl methyl sites for hydroxylation is 1. The molecule has 0 bridgehead atoms. The molecule has 2 aliphatic rings. The maximum absolute atomic E-state index is 9.75. The summed E-state index contributed by atoms with van der Waals surface area (Å²) in [6.07, 6.45) is 3.35. The molecule has 0 spiro atoms. The summed E-state index contributed by atoms with van der Waals surface area (Å²) < 4.78 is 2.26. The van der Waals surface area contributed by atoms with Crippen LogP contribution >= 0.6 is 0 Å². The van der Waals surface area contributed by atoms with Gasteiger partial charge >= 0.3 is 0 Å². The maximum Gasteiger partial charge on any atom is 0.147 e. The molecule has 94 valence electrons. The van der Waals surface area contributed by atoms with E-state index in [-0.39, 0.29) is 6.10 Å². The van der Waals surface area contributed by atoms with Crippen LogP contribution in [0.15, 0.2) is 0 Å². The number of β-amino-alcohol motifs (C(OH)–C–C–N with tert-alkyl or cyclic N) is 1. The van der Waals surface area contributed by atoms with Crippen molar-refractivity contribution in [3.63, 3.8) is 0 Å². The van der Waals surface area contributed by atoms with E-state index in [0.29, 0.717) is 5.92 Å². The summed E-state index contributed by atoms with van der Waals surface area (Å²) in [4.78, 5) is 2.28. The van der Waals surface area contributed by atoms with Crippen LogP contribution in [-0.4, -0.2) is 44.0 Å². The van der Waals surface area contributed by atoms with Gasteiger partial charge in [-0.15, -0.1) is 10.2 Å². The lowest BCUT2D eigenvalue weighted by Crippen LogP contribution is -2.24. The Morgan fingerprint density at radius 3 is 2.94 bits per heavy atom. The molecule has 0 aromatic carbocycles. The molecule has 5 heteroatoms. The number of rotatable bonds is 2. The fourth-order valence-corrected chi connectivity index (χ4v) is 2.86. The summed E-state index contributed by atoms with van der Waals surface area (Å²) in [6, 6.07) is 0. The molecule has 2 aliphatic heterocycles. The van der Waals surface area contributed by atoms with Crippen molar-refractivity contribution in [2.75, 3.05) is 13.1 Å². The van der Waals surface area contributed by atoms with Gasteiger partial charge < -0.3 is 9.67 Å². The summed E-state index contributed by atoms with van der Waals surface area (Å²) in [5.74, 6) is 2.58. The van der Waals surface area contributed by atoms with Crippen molar-refractivity contribution < 1.29 is 5.11 Å². The Labute approximate surface area is 101 Å². The molecule has 0 radical (unpaired) electrons. The van der Waals surface area contributed by atoms with Crippen LogP contribution in [0.5, 0.6) is 0 Å². The van der Waals surface area contributed by atoms with E-state index in [4.69, 9.17) is 0 Å². The van der Waals surface area contributed by atoms with Crippen molar-refractivity contribution in [3.8, 4) is 0 Å². The van der Waals surface area contributed by atoms with Crippen LogP contribution < -0.4 is 0 Å². The predicted molar refractivity (Wildman–Crippen MR) is 63.4 cm³/mol. The van der Waals surface area contributed by atoms with E-state index >= 15 is 0 Å². The Bertz CT molecular complexity index is 393. The molecule has 0 saturated carbocycles. The first-order valence-corrected chi connectivity index (χ1v) is 6.55. The molecule has 1 aromatic rings. The van der Waals surface area contributed by atoms with Crippen LogP contribution in [0.2, 0.25) is 0 Å². The van der Waals surface area contributed by atoms with Crippen molar-refractivity contribution in [2.45, 2.75) is 45.4 Å². The van der Waals surface area contributed by atoms with E-state index in [1.54, 1.807) is 0 Å². The SMILES string of the molecule is CC1CN(Cc2nnc3n2CCCC3)CC1O. The van der Waals surface area contributed by atoms with Crippen LogP contribution in [0, 0.1) is 5.92 Å². The molecular formula is C12H20N4O. The average molecular weight is 236 g/mol. The van der Waals surface area contributed by atoms with Crippen LogP contribution in [0.25, 0.3) is 0 Å². The van der Waals surface area contributed by atoms with Gasteiger partial charge in [-0.2, -0.15) is 0 Å². The highest BCUT2D eigenvalue weighted by atomic mass is 16.3. The van der Waals surface area contributed by atoms with Crippen LogP contribution in [-0.2, 0) is 19.5 Å². The van der Waals surface area contributed by atoms with Crippen molar-refractivity contribution >= 4 is 0 Å². The monoisotopic (exact) mass is 236 g/mol. The highest BCUT2D eigenvalue weighted by Crippen LogP contribution is 2.20. The molecule has 0 aliphatic carbocycles. The van der Waals surface area contributed by atoms with Gasteiger partial charge in [-0.1, -0.05) is 6.92 Å². The molecular weight excluding hydrogens is 216 g/mol. The first-order valence-electron chi connectivity index (χ1n) is 6.55. The van der Waals surface area contributed by atoms with E-state index < -0.39 is 0 Å². The lowest BCUT2D eigenvalue weighted by molar-refractivity contribution is 0.147. The number of fused-ring (bicyclic) bond motifs is 1. The molecule has 1 saturated heterocycles. The third-order valence-electron chi connectivity index (χ3n) is 3.95. The highest BCUT2D eigenvalue weighted by Gasteiger charge is 2.29. The molecule has 1 N–H and O–H groups in total. The van der Waals surface area contributed by atoms with E-state index in [1.165, 1.54) is 12.8 Å². The second kappa shape index (κ2) is 4.38. The van der Waals surface area contributed by atoms with Gasteiger partial charge in [0.2, 0.25) is 0 Å². The predicted octanol–water partition coefficient (Wildman–Crippen LogP) is 0.427. The smallest absolute Gasteiger partial charge is 0.147 e. The molecule has 17 heavy (non-hydrogen) atoms. The molecule has 3 heterocycles. The standard InChI is InChI=1S/C12H20N4O/c1-9-6-15(7-10(9)17)8-12-14-13-11-4-2-3-5-16(11)12/h9-10,17H,2-8H2,1H3. The molecule has 1 aromatic heterocycles. The minimum Gasteiger partial charge on any atom is -0.391 e. The lowest BCUT2D eigenvalue weighted by Gasteiger charge is -2.18. The zero-order valence-electron chi connectivity index (χ0n) is 10.3. The number of nitrogens with zero attached hydrogens (tertiary/aromatic N) is 4. The number of aromatic nitrogens is 3. The Kier molecular flexibility index (Phi) is 2.88. The Hall–Kier alpha value is -0.940. The quantitative estimate of drug-likeness (QED) is 0.809. The van der Waals surface area contributed by atoms with Crippen LogP contribution in [0.4, 0.5) is 0 Å². The maximum atomic E-state index is 9.75. The van der Waals surface area contributed by atoms with E-state index in [2.05, 4.69) is 26.6 Å². The molecule has 5 nitrogen and oxygen atoms in total. The average Bonchev–Trinajstić information content (AvgIpc) is 2.85. The third-order valence-corrected chi connectivity index (χ3v) is 3.95. The van der Waals surface area contributed by atoms with Crippen LogP contribution in [0.1, 0.15) is 31.4 Å². The Morgan fingerprint density at radius 1 is 1.29 bits per heavy atom. The van der Waals surface area contributed by atoms with Crippen molar-refractivity contribution in [3.05, 3.63) is 11.6 Å². The van der Waals surface area contributed by atoms with Gasteiger partial charge in [-0.3, -0.25) is 4.90 Å². The minimum absolute atomic E-state index is 0.182. The Morgan fingerprint density at radius 2 is 2.18 bits per heavy atom. The molecule has 3 rings (SSSR count). The first-order chi connectivity index (χ1) is 8.24. The number of aliphatic hydroxyl groups excluding tert-OH is 1. The van der Waals surface area contributed by atoms with Crippen LogP contribution in [0.3, 0.4) is 0 Å². The lowest BCUT2D eigenvalue weighted by atomic mass is 10.1. The van der Waals surface area contributed by atoms with E-state index in [9.17, 15) is 5.11 Å². The number of likely N-dealkylation sites (tertiary alicyclic amines) is 1. The van der Waals surface area contributed by atoms with E-state index in [1.807, 2.05) is 0 Å². The number of aliphatic hydroxyl groups is 1. The molecule has 0 amide bonds.